The van der Waals surface area contributed by atoms with Gasteiger partial charge in [0.1, 0.15) is 5.82 Å². The van der Waals surface area contributed by atoms with Crippen molar-refractivity contribution in [1.29, 1.82) is 0 Å². The van der Waals surface area contributed by atoms with Gasteiger partial charge in [-0.1, -0.05) is 44.9 Å². The molecule has 0 bridgehead atoms. The normalized spacial score (nSPS) is 11.7. The van der Waals surface area contributed by atoms with Crippen LogP contribution in [0, 0.1) is 11.7 Å². The second-order valence-corrected chi connectivity index (χ2v) is 6.54. The number of hydrogen-bond acceptors (Lipinski definition) is 2. The Labute approximate surface area is 153 Å². The van der Waals surface area contributed by atoms with Crippen LogP contribution >= 0.6 is 0 Å². The van der Waals surface area contributed by atoms with Gasteiger partial charge in [0, 0.05) is 24.2 Å². The molecule has 0 saturated carbocycles. The summed E-state index contributed by atoms with van der Waals surface area (Å²) in [6.45, 7) is 4.59. The van der Waals surface area contributed by atoms with Crippen molar-refractivity contribution in [2.24, 2.45) is 5.92 Å². The minimum absolute atomic E-state index is 0.0279. The van der Waals surface area contributed by atoms with Gasteiger partial charge < -0.3 is 10.6 Å². The van der Waals surface area contributed by atoms with Crippen LogP contribution in [0.2, 0.25) is 0 Å². The van der Waals surface area contributed by atoms with E-state index in [0.717, 1.165) is 18.4 Å². The minimum Gasteiger partial charge on any atom is -0.352 e. The average molecular weight is 356 g/mol. The molecule has 0 aromatic heterocycles. The van der Waals surface area contributed by atoms with Crippen LogP contribution in [0.1, 0.15) is 49.0 Å². The van der Waals surface area contributed by atoms with E-state index in [2.05, 4.69) is 24.5 Å². The van der Waals surface area contributed by atoms with E-state index in [4.69, 9.17) is 0 Å². The summed E-state index contributed by atoms with van der Waals surface area (Å²) in [7, 11) is 0. The van der Waals surface area contributed by atoms with E-state index in [-0.39, 0.29) is 17.4 Å². The number of rotatable bonds is 8. The largest absolute Gasteiger partial charge is 0.352 e. The fourth-order valence-electron chi connectivity index (χ4n) is 2.78. The highest BCUT2D eigenvalue weighted by molar-refractivity contribution is 6.04. The van der Waals surface area contributed by atoms with Gasteiger partial charge in [-0.05, 0) is 41.8 Å². The van der Waals surface area contributed by atoms with Crippen molar-refractivity contribution in [2.45, 2.75) is 39.7 Å². The summed E-state index contributed by atoms with van der Waals surface area (Å²) in [5, 5.41) is 5.65. The zero-order chi connectivity index (χ0) is 18.9. The molecule has 0 aliphatic rings. The number of hydrogen-bond donors (Lipinski definition) is 2. The molecule has 2 amide bonds. The molecule has 2 N–H and O–H groups in total. The quantitative estimate of drug-likeness (QED) is 0.730. The number of benzene rings is 2. The molecule has 0 aliphatic carbocycles. The van der Waals surface area contributed by atoms with E-state index in [1.54, 1.807) is 18.2 Å². The minimum atomic E-state index is -0.452. The SMILES string of the molecule is CCCC(C)CC(=O)NCc1cccc(NC(=O)c2cccc(F)c2)c1. The average Bonchev–Trinajstić information content (AvgIpc) is 2.60. The van der Waals surface area contributed by atoms with Crippen LogP contribution in [0.15, 0.2) is 48.5 Å². The molecule has 1 unspecified atom stereocenters. The number of amides is 2. The zero-order valence-electron chi connectivity index (χ0n) is 15.2. The highest BCUT2D eigenvalue weighted by Gasteiger charge is 2.09. The molecule has 0 saturated heterocycles. The lowest BCUT2D eigenvalue weighted by Crippen LogP contribution is -2.24. The molecule has 0 radical (unpaired) electrons. The summed E-state index contributed by atoms with van der Waals surface area (Å²) < 4.78 is 13.2. The van der Waals surface area contributed by atoms with E-state index in [1.165, 1.54) is 18.2 Å². The summed E-state index contributed by atoms with van der Waals surface area (Å²) in [6.07, 6.45) is 2.63. The van der Waals surface area contributed by atoms with Crippen LogP contribution in [0.25, 0.3) is 0 Å². The van der Waals surface area contributed by atoms with Gasteiger partial charge >= 0.3 is 0 Å². The van der Waals surface area contributed by atoms with E-state index in [9.17, 15) is 14.0 Å². The second-order valence-electron chi connectivity index (χ2n) is 6.54. The summed E-state index contributed by atoms with van der Waals surface area (Å²) in [6, 6.07) is 12.8. The lowest BCUT2D eigenvalue weighted by molar-refractivity contribution is -0.122. The van der Waals surface area contributed by atoms with Gasteiger partial charge in [-0.2, -0.15) is 0 Å². The van der Waals surface area contributed by atoms with Crippen molar-refractivity contribution in [1.82, 2.24) is 5.32 Å². The molecule has 0 aliphatic heterocycles. The fraction of sp³-hybridized carbons (Fsp3) is 0.333. The molecule has 2 aromatic carbocycles. The molecular weight excluding hydrogens is 331 g/mol. The van der Waals surface area contributed by atoms with Gasteiger partial charge in [0.15, 0.2) is 0 Å². The van der Waals surface area contributed by atoms with E-state index >= 15 is 0 Å². The zero-order valence-corrected chi connectivity index (χ0v) is 15.2. The van der Waals surface area contributed by atoms with E-state index < -0.39 is 5.82 Å². The fourth-order valence-corrected chi connectivity index (χ4v) is 2.78. The van der Waals surface area contributed by atoms with Crippen molar-refractivity contribution in [3.05, 3.63) is 65.5 Å². The summed E-state index contributed by atoms with van der Waals surface area (Å²) in [5.74, 6) is -0.428. The first-order valence-electron chi connectivity index (χ1n) is 8.90. The topological polar surface area (TPSA) is 58.2 Å². The Balaban J connectivity index is 1.91. The first-order chi connectivity index (χ1) is 12.5. The molecule has 5 heteroatoms. The molecular formula is C21H25FN2O2. The third-order valence-corrected chi connectivity index (χ3v) is 4.08. The molecule has 26 heavy (non-hydrogen) atoms. The maximum Gasteiger partial charge on any atom is 0.255 e. The van der Waals surface area contributed by atoms with Crippen molar-refractivity contribution in [3.63, 3.8) is 0 Å². The van der Waals surface area contributed by atoms with Gasteiger partial charge in [0.25, 0.3) is 5.91 Å². The van der Waals surface area contributed by atoms with Gasteiger partial charge in [0.05, 0.1) is 0 Å². The molecule has 0 fully saturated rings. The third-order valence-electron chi connectivity index (χ3n) is 4.08. The second kappa shape index (κ2) is 9.70. The molecule has 2 rings (SSSR count). The van der Waals surface area contributed by atoms with Gasteiger partial charge in [-0.3, -0.25) is 9.59 Å². The Morgan fingerprint density at radius 3 is 2.62 bits per heavy atom. The summed E-state index contributed by atoms with van der Waals surface area (Å²) in [4.78, 5) is 24.1. The van der Waals surface area contributed by atoms with Crippen LogP contribution < -0.4 is 10.6 Å². The number of halogens is 1. The van der Waals surface area contributed by atoms with Crippen molar-refractivity contribution >= 4 is 17.5 Å². The lowest BCUT2D eigenvalue weighted by Gasteiger charge is -2.11. The highest BCUT2D eigenvalue weighted by Crippen LogP contribution is 2.14. The Morgan fingerprint density at radius 2 is 1.88 bits per heavy atom. The Bertz CT molecular complexity index is 761. The number of anilines is 1. The van der Waals surface area contributed by atoms with E-state index in [1.807, 2.05) is 12.1 Å². The number of nitrogens with one attached hydrogen (secondary N) is 2. The molecule has 4 nitrogen and oxygen atoms in total. The molecule has 138 valence electrons. The van der Waals surface area contributed by atoms with Crippen LogP contribution in [0.4, 0.5) is 10.1 Å². The number of carbonyl (C=O) groups is 2. The maximum atomic E-state index is 13.2. The van der Waals surface area contributed by atoms with E-state index in [0.29, 0.717) is 24.6 Å². The van der Waals surface area contributed by atoms with Crippen molar-refractivity contribution in [2.75, 3.05) is 5.32 Å². The predicted molar refractivity (Wildman–Crippen MR) is 101 cm³/mol. The first kappa shape index (κ1) is 19.6. The summed E-state index contributed by atoms with van der Waals surface area (Å²) in [5.41, 5.74) is 1.75. The van der Waals surface area contributed by atoms with Gasteiger partial charge in [-0.15, -0.1) is 0 Å². The standard InChI is InChI=1S/C21H25FN2O2/c1-3-6-15(2)11-20(25)23-14-16-7-4-10-19(12-16)24-21(26)17-8-5-9-18(22)13-17/h4-5,7-10,12-13,15H,3,6,11,14H2,1-2H3,(H,23,25)(H,24,26). The monoisotopic (exact) mass is 356 g/mol. The Morgan fingerprint density at radius 1 is 1.12 bits per heavy atom. The van der Waals surface area contributed by atoms with Gasteiger partial charge in [-0.25, -0.2) is 4.39 Å². The van der Waals surface area contributed by atoms with Gasteiger partial charge in [0.2, 0.25) is 5.91 Å². The van der Waals surface area contributed by atoms with Crippen LogP contribution in [0.3, 0.4) is 0 Å². The molecule has 0 spiro atoms. The maximum absolute atomic E-state index is 13.2. The van der Waals surface area contributed by atoms with Crippen LogP contribution in [-0.4, -0.2) is 11.8 Å². The van der Waals surface area contributed by atoms with Crippen LogP contribution in [-0.2, 0) is 11.3 Å². The molecule has 1 atom stereocenters. The Hall–Kier alpha value is -2.69. The first-order valence-corrected chi connectivity index (χ1v) is 8.90. The molecule has 0 heterocycles. The van der Waals surface area contributed by atoms with Crippen molar-refractivity contribution < 1.29 is 14.0 Å². The number of carbonyl (C=O) groups excluding carboxylic acids is 2. The predicted octanol–water partition coefficient (Wildman–Crippen LogP) is 4.52. The highest BCUT2D eigenvalue weighted by atomic mass is 19.1. The molecule has 2 aromatic rings. The smallest absolute Gasteiger partial charge is 0.255 e. The third kappa shape index (κ3) is 6.31. The van der Waals surface area contributed by atoms with Crippen LogP contribution in [0.5, 0.6) is 0 Å². The summed E-state index contributed by atoms with van der Waals surface area (Å²) >= 11 is 0. The Kier molecular flexibility index (Phi) is 7.33. The van der Waals surface area contributed by atoms with Crippen molar-refractivity contribution in [3.8, 4) is 0 Å². The lowest BCUT2D eigenvalue weighted by atomic mass is 10.0.